The molecule has 1 aromatic carbocycles. The Kier molecular flexibility index (Phi) is 4.76. The van der Waals surface area contributed by atoms with Crippen LogP contribution in [0, 0.1) is 4.77 Å². The second kappa shape index (κ2) is 6.03. The highest BCUT2D eigenvalue weighted by Gasteiger charge is 2.08. The van der Waals surface area contributed by atoms with E-state index in [9.17, 15) is 8.42 Å². The van der Waals surface area contributed by atoms with Crippen molar-refractivity contribution in [2.24, 2.45) is 0 Å². The van der Waals surface area contributed by atoms with Crippen LogP contribution in [-0.2, 0) is 16.6 Å². The maximum atomic E-state index is 11.0. The quantitative estimate of drug-likeness (QED) is 0.641. The zero-order chi connectivity index (χ0) is 14.9. The molecule has 0 aliphatic carbocycles. The SMILES string of the molecule is CS(=O)(=O)NCCCn1c(=S)[nH]c2cc(Cl)c(Cl)cc21. The molecule has 0 spiro atoms. The Bertz CT molecular complexity index is 796. The van der Waals surface area contributed by atoms with Crippen molar-refractivity contribution in [3.8, 4) is 0 Å². The van der Waals surface area contributed by atoms with Crippen LogP contribution in [0.3, 0.4) is 0 Å². The van der Waals surface area contributed by atoms with E-state index in [1.807, 2.05) is 4.57 Å². The average molecular weight is 354 g/mol. The second-order valence-electron chi connectivity index (χ2n) is 4.39. The van der Waals surface area contributed by atoms with E-state index < -0.39 is 10.0 Å². The number of nitrogens with one attached hydrogen (secondary N) is 2. The van der Waals surface area contributed by atoms with Gasteiger partial charge in [0.2, 0.25) is 10.0 Å². The summed E-state index contributed by atoms with van der Waals surface area (Å²) in [4.78, 5) is 3.05. The average Bonchev–Trinajstić information content (AvgIpc) is 2.60. The standard InChI is InChI=1S/C11H13Cl2N3O2S2/c1-20(17,18)14-3-2-4-16-10-6-8(13)7(12)5-9(10)15-11(16)19/h5-6,14H,2-4H2,1H3,(H,15,19). The lowest BCUT2D eigenvalue weighted by molar-refractivity contribution is 0.576. The van der Waals surface area contributed by atoms with E-state index in [-0.39, 0.29) is 0 Å². The number of nitrogens with zero attached hydrogens (tertiary/aromatic N) is 1. The number of aryl methyl sites for hydroxylation is 1. The molecule has 110 valence electrons. The molecule has 9 heteroatoms. The zero-order valence-electron chi connectivity index (χ0n) is 10.6. The van der Waals surface area contributed by atoms with Crippen LogP contribution in [0.5, 0.6) is 0 Å². The molecule has 0 fully saturated rings. The lowest BCUT2D eigenvalue weighted by Crippen LogP contribution is -2.23. The van der Waals surface area contributed by atoms with Crippen molar-refractivity contribution in [3.05, 3.63) is 26.9 Å². The minimum absolute atomic E-state index is 0.356. The predicted molar refractivity (Wildman–Crippen MR) is 84.6 cm³/mol. The number of hydrogen-bond acceptors (Lipinski definition) is 3. The Balaban J connectivity index is 2.20. The summed E-state index contributed by atoms with van der Waals surface area (Å²) in [5.41, 5.74) is 1.66. The van der Waals surface area contributed by atoms with Gasteiger partial charge < -0.3 is 9.55 Å². The zero-order valence-corrected chi connectivity index (χ0v) is 13.8. The normalized spacial score (nSPS) is 12.2. The summed E-state index contributed by atoms with van der Waals surface area (Å²) in [5, 5.41) is 0.914. The number of imidazole rings is 1. The number of hydrogen-bond donors (Lipinski definition) is 2. The van der Waals surface area contributed by atoms with E-state index in [1.54, 1.807) is 12.1 Å². The molecule has 1 heterocycles. The first-order valence-corrected chi connectivity index (χ1v) is 8.86. The Morgan fingerprint density at radius 1 is 1.35 bits per heavy atom. The smallest absolute Gasteiger partial charge is 0.208 e. The van der Waals surface area contributed by atoms with Crippen molar-refractivity contribution in [3.63, 3.8) is 0 Å². The van der Waals surface area contributed by atoms with Crippen LogP contribution >= 0.6 is 35.4 Å². The van der Waals surface area contributed by atoms with Gasteiger partial charge in [0.1, 0.15) is 0 Å². The predicted octanol–water partition coefficient (Wildman–Crippen LogP) is 2.94. The van der Waals surface area contributed by atoms with Crippen LogP contribution in [0.1, 0.15) is 6.42 Å². The van der Waals surface area contributed by atoms with Gasteiger partial charge in [0.05, 0.1) is 27.3 Å². The third-order valence-electron chi connectivity index (χ3n) is 2.74. The Morgan fingerprint density at radius 3 is 2.65 bits per heavy atom. The van der Waals surface area contributed by atoms with Crippen molar-refractivity contribution in [2.75, 3.05) is 12.8 Å². The van der Waals surface area contributed by atoms with Gasteiger partial charge in [-0.05, 0) is 30.8 Å². The highest BCUT2D eigenvalue weighted by Crippen LogP contribution is 2.27. The van der Waals surface area contributed by atoms with Gasteiger partial charge in [0, 0.05) is 13.1 Å². The Hall–Kier alpha value is -0.600. The van der Waals surface area contributed by atoms with Gasteiger partial charge in [-0.3, -0.25) is 0 Å². The van der Waals surface area contributed by atoms with Crippen molar-refractivity contribution < 1.29 is 8.42 Å². The van der Waals surface area contributed by atoms with Gasteiger partial charge in [-0.1, -0.05) is 23.2 Å². The van der Waals surface area contributed by atoms with Gasteiger partial charge in [-0.25, -0.2) is 13.1 Å². The molecule has 20 heavy (non-hydrogen) atoms. The van der Waals surface area contributed by atoms with Gasteiger partial charge >= 0.3 is 0 Å². The van der Waals surface area contributed by atoms with E-state index in [0.29, 0.717) is 34.3 Å². The van der Waals surface area contributed by atoms with Crippen molar-refractivity contribution >= 4 is 56.5 Å². The monoisotopic (exact) mass is 353 g/mol. The van der Waals surface area contributed by atoms with E-state index in [2.05, 4.69) is 9.71 Å². The lowest BCUT2D eigenvalue weighted by atomic mass is 10.3. The fourth-order valence-electron chi connectivity index (χ4n) is 1.87. The molecule has 0 aliphatic heterocycles. The third-order valence-corrected chi connectivity index (χ3v) is 4.51. The molecule has 0 saturated carbocycles. The number of sulfonamides is 1. The molecule has 2 N–H and O–H groups in total. The van der Waals surface area contributed by atoms with E-state index in [1.165, 1.54) is 0 Å². The topological polar surface area (TPSA) is 66.9 Å². The van der Waals surface area contributed by atoms with Crippen molar-refractivity contribution in [1.82, 2.24) is 14.3 Å². The summed E-state index contributed by atoms with van der Waals surface area (Å²) >= 11 is 17.2. The molecular weight excluding hydrogens is 341 g/mol. The number of aromatic amines is 1. The van der Waals surface area contributed by atoms with E-state index in [4.69, 9.17) is 35.4 Å². The molecule has 0 atom stereocenters. The molecule has 1 aromatic heterocycles. The number of fused-ring (bicyclic) bond motifs is 1. The summed E-state index contributed by atoms with van der Waals surface area (Å²) in [6.45, 7) is 0.938. The molecule has 2 rings (SSSR count). The first-order valence-electron chi connectivity index (χ1n) is 5.80. The van der Waals surface area contributed by atoms with Crippen LogP contribution in [-0.4, -0.2) is 30.8 Å². The largest absolute Gasteiger partial charge is 0.331 e. The summed E-state index contributed by atoms with van der Waals surface area (Å²) in [7, 11) is -3.16. The molecule has 0 aliphatic rings. The number of rotatable bonds is 5. The van der Waals surface area contributed by atoms with Gasteiger partial charge in [0.15, 0.2) is 4.77 Å². The highest BCUT2D eigenvalue weighted by molar-refractivity contribution is 7.88. The molecule has 0 unspecified atom stereocenters. The molecule has 0 bridgehead atoms. The fraction of sp³-hybridized carbons (Fsp3) is 0.364. The molecule has 2 aromatic rings. The molecule has 0 amide bonds. The first kappa shape index (κ1) is 15.8. The first-order chi connectivity index (χ1) is 9.28. The van der Waals surface area contributed by atoms with Crippen LogP contribution in [0.4, 0.5) is 0 Å². The summed E-state index contributed by atoms with van der Waals surface area (Å²) in [5.74, 6) is 0. The third kappa shape index (κ3) is 3.73. The Labute approximate surface area is 131 Å². The molecule has 0 saturated heterocycles. The summed E-state index contributed by atoms with van der Waals surface area (Å²) in [6, 6.07) is 3.47. The molecule has 0 radical (unpaired) electrons. The van der Waals surface area contributed by atoms with Crippen LogP contribution in [0.25, 0.3) is 11.0 Å². The molecular formula is C11H13Cl2N3O2S2. The van der Waals surface area contributed by atoms with Gasteiger partial charge in [-0.2, -0.15) is 0 Å². The number of benzene rings is 1. The second-order valence-corrected chi connectivity index (χ2v) is 7.42. The summed E-state index contributed by atoms with van der Waals surface area (Å²) < 4.78 is 26.8. The van der Waals surface area contributed by atoms with E-state index in [0.717, 1.165) is 17.3 Å². The fourth-order valence-corrected chi connectivity index (χ4v) is 3.00. The maximum Gasteiger partial charge on any atom is 0.208 e. The number of aromatic nitrogens is 2. The van der Waals surface area contributed by atoms with Crippen LogP contribution in [0.2, 0.25) is 10.0 Å². The van der Waals surface area contributed by atoms with Crippen molar-refractivity contribution in [2.45, 2.75) is 13.0 Å². The van der Waals surface area contributed by atoms with Gasteiger partial charge in [-0.15, -0.1) is 0 Å². The maximum absolute atomic E-state index is 11.0. The minimum atomic E-state index is -3.16. The number of H-pyrrole nitrogens is 1. The van der Waals surface area contributed by atoms with Gasteiger partial charge in [0.25, 0.3) is 0 Å². The number of halogens is 2. The molecule has 5 nitrogen and oxygen atoms in total. The Morgan fingerprint density at radius 2 is 2.00 bits per heavy atom. The highest BCUT2D eigenvalue weighted by atomic mass is 35.5. The lowest BCUT2D eigenvalue weighted by Gasteiger charge is -2.06. The summed E-state index contributed by atoms with van der Waals surface area (Å²) in [6.07, 6.45) is 1.75. The van der Waals surface area contributed by atoms with Crippen LogP contribution in [0.15, 0.2) is 12.1 Å². The van der Waals surface area contributed by atoms with Crippen LogP contribution < -0.4 is 4.72 Å². The van der Waals surface area contributed by atoms with E-state index >= 15 is 0 Å². The minimum Gasteiger partial charge on any atom is -0.331 e. The van der Waals surface area contributed by atoms with Crippen molar-refractivity contribution in [1.29, 1.82) is 0 Å².